The molecule has 0 radical (unpaired) electrons. The number of carbonyl (C=O) groups excluding carboxylic acids is 2. The van der Waals surface area contributed by atoms with Crippen molar-refractivity contribution in [3.05, 3.63) is 70.2 Å². The lowest BCUT2D eigenvalue weighted by Crippen LogP contribution is -2.49. The van der Waals surface area contributed by atoms with Crippen LogP contribution in [0.2, 0.25) is 0 Å². The number of hydrogen-bond donors (Lipinski definition) is 2. The number of amides is 2. The van der Waals surface area contributed by atoms with Crippen LogP contribution in [-0.2, 0) is 21.1 Å². The van der Waals surface area contributed by atoms with Crippen LogP contribution in [0.4, 0.5) is 0 Å². The van der Waals surface area contributed by atoms with Crippen LogP contribution in [0, 0.1) is 0 Å². The predicted molar refractivity (Wildman–Crippen MR) is 122 cm³/mol. The van der Waals surface area contributed by atoms with E-state index in [-0.39, 0.29) is 24.1 Å². The smallest absolute Gasteiger partial charge is 0.253 e. The van der Waals surface area contributed by atoms with Crippen molar-refractivity contribution in [3.63, 3.8) is 0 Å². The van der Waals surface area contributed by atoms with Gasteiger partial charge in [-0.3, -0.25) is 9.59 Å². The summed E-state index contributed by atoms with van der Waals surface area (Å²) < 4.78 is 23.8. The molecule has 0 saturated carbocycles. The van der Waals surface area contributed by atoms with Crippen molar-refractivity contribution < 1.29 is 18.0 Å². The molecular formula is C22H27BrN2O4S. The SMILES string of the molecule is CC(CCc1ccccc1)NC(=O)C(CCS(C)(=O)=O)NC(=O)c1ccccc1Br. The normalized spacial score (nSPS) is 13.3. The van der Waals surface area contributed by atoms with E-state index in [4.69, 9.17) is 0 Å². The van der Waals surface area contributed by atoms with Crippen LogP contribution in [0.3, 0.4) is 0 Å². The van der Waals surface area contributed by atoms with Crippen molar-refractivity contribution in [2.45, 2.75) is 38.3 Å². The molecule has 0 aromatic heterocycles. The Balaban J connectivity index is 2.02. The van der Waals surface area contributed by atoms with Gasteiger partial charge >= 0.3 is 0 Å². The van der Waals surface area contributed by atoms with Gasteiger partial charge in [-0.25, -0.2) is 8.42 Å². The Morgan fingerprint density at radius 3 is 2.23 bits per heavy atom. The van der Waals surface area contributed by atoms with Crippen LogP contribution in [0.25, 0.3) is 0 Å². The van der Waals surface area contributed by atoms with Gasteiger partial charge in [0, 0.05) is 16.8 Å². The van der Waals surface area contributed by atoms with Gasteiger partial charge in [-0.2, -0.15) is 0 Å². The molecule has 0 bridgehead atoms. The summed E-state index contributed by atoms with van der Waals surface area (Å²) in [6.07, 6.45) is 2.65. The maximum Gasteiger partial charge on any atom is 0.253 e. The average Bonchev–Trinajstić information content (AvgIpc) is 2.69. The zero-order chi connectivity index (χ0) is 22.1. The molecule has 2 unspecified atom stereocenters. The highest BCUT2D eigenvalue weighted by atomic mass is 79.9. The third-order valence-corrected chi connectivity index (χ3v) is 6.28. The standard InChI is InChI=1S/C22H27BrN2O4S/c1-16(12-13-17-8-4-3-5-9-17)24-22(27)20(14-15-30(2,28)29)25-21(26)18-10-6-7-11-19(18)23/h3-11,16,20H,12-15H2,1-2H3,(H,24,27)(H,25,26). The second-order valence-electron chi connectivity index (χ2n) is 7.36. The topological polar surface area (TPSA) is 92.3 Å². The van der Waals surface area contributed by atoms with Crippen molar-refractivity contribution in [1.29, 1.82) is 0 Å². The zero-order valence-electron chi connectivity index (χ0n) is 17.1. The number of sulfone groups is 1. The van der Waals surface area contributed by atoms with Crippen molar-refractivity contribution in [1.82, 2.24) is 10.6 Å². The lowest BCUT2D eigenvalue weighted by molar-refractivity contribution is -0.123. The second-order valence-corrected chi connectivity index (χ2v) is 10.5. The van der Waals surface area contributed by atoms with Gasteiger partial charge in [0.15, 0.2) is 0 Å². The first-order valence-electron chi connectivity index (χ1n) is 9.73. The van der Waals surface area contributed by atoms with Gasteiger partial charge in [0.1, 0.15) is 15.9 Å². The molecule has 162 valence electrons. The van der Waals surface area contributed by atoms with E-state index in [1.165, 1.54) is 5.56 Å². The summed E-state index contributed by atoms with van der Waals surface area (Å²) in [5.74, 6) is -1.02. The first-order chi connectivity index (χ1) is 14.2. The van der Waals surface area contributed by atoms with Crippen molar-refractivity contribution in [2.24, 2.45) is 0 Å². The van der Waals surface area contributed by atoms with Gasteiger partial charge < -0.3 is 10.6 Å². The molecule has 0 aliphatic rings. The molecule has 2 N–H and O–H groups in total. The van der Waals surface area contributed by atoms with E-state index in [0.29, 0.717) is 10.0 Å². The molecule has 2 aromatic carbocycles. The van der Waals surface area contributed by atoms with E-state index in [9.17, 15) is 18.0 Å². The summed E-state index contributed by atoms with van der Waals surface area (Å²) in [6, 6.07) is 15.7. The number of carbonyl (C=O) groups is 2. The molecule has 0 aliphatic carbocycles. The van der Waals surface area contributed by atoms with Crippen LogP contribution >= 0.6 is 15.9 Å². The molecule has 2 aromatic rings. The molecule has 0 fully saturated rings. The van der Waals surface area contributed by atoms with E-state index < -0.39 is 21.8 Å². The van der Waals surface area contributed by atoms with E-state index in [2.05, 4.69) is 26.6 Å². The van der Waals surface area contributed by atoms with Crippen LogP contribution in [0.1, 0.15) is 35.7 Å². The average molecular weight is 495 g/mol. The summed E-state index contributed by atoms with van der Waals surface area (Å²) in [5.41, 5.74) is 1.56. The fraction of sp³-hybridized carbons (Fsp3) is 0.364. The van der Waals surface area contributed by atoms with Crippen LogP contribution in [-0.4, -0.2) is 44.3 Å². The summed E-state index contributed by atoms with van der Waals surface area (Å²) >= 11 is 3.32. The quantitative estimate of drug-likeness (QED) is 0.530. The molecule has 8 heteroatoms. The molecule has 2 atom stereocenters. The predicted octanol–water partition coefficient (Wildman–Crippen LogP) is 3.12. The van der Waals surface area contributed by atoms with Gasteiger partial charge in [0.25, 0.3) is 5.91 Å². The molecule has 0 aliphatic heterocycles. The molecule has 30 heavy (non-hydrogen) atoms. The Morgan fingerprint density at radius 1 is 0.967 bits per heavy atom. The van der Waals surface area contributed by atoms with E-state index >= 15 is 0 Å². The number of rotatable bonds is 10. The number of hydrogen-bond acceptors (Lipinski definition) is 4. The minimum Gasteiger partial charge on any atom is -0.352 e. The number of nitrogens with one attached hydrogen (secondary N) is 2. The van der Waals surface area contributed by atoms with Crippen molar-refractivity contribution in [3.8, 4) is 0 Å². The fourth-order valence-electron chi connectivity index (χ4n) is 2.93. The molecule has 6 nitrogen and oxygen atoms in total. The number of aryl methyl sites for hydroxylation is 1. The summed E-state index contributed by atoms with van der Waals surface area (Å²) in [4.78, 5) is 25.4. The summed E-state index contributed by atoms with van der Waals surface area (Å²) in [6.45, 7) is 1.89. The largest absolute Gasteiger partial charge is 0.352 e. The van der Waals surface area contributed by atoms with Gasteiger partial charge in [-0.1, -0.05) is 42.5 Å². The van der Waals surface area contributed by atoms with Gasteiger partial charge in [0.05, 0.1) is 11.3 Å². The Morgan fingerprint density at radius 2 is 1.60 bits per heavy atom. The Labute approximate surface area is 186 Å². The third kappa shape index (κ3) is 8.28. The van der Waals surface area contributed by atoms with Gasteiger partial charge in [0.2, 0.25) is 5.91 Å². The first-order valence-corrected chi connectivity index (χ1v) is 12.6. The Bertz CT molecular complexity index is 964. The van der Waals surface area contributed by atoms with Crippen LogP contribution in [0.5, 0.6) is 0 Å². The maximum absolute atomic E-state index is 12.8. The summed E-state index contributed by atoms with van der Waals surface area (Å²) in [5, 5.41) is 5.58. The van der Waals surface area contributed by atoms with Gasteiger partial charge in [-0.05, 0) is 59.8 Å². The minimum absolute atomic E-state index is 0.00621. The fourth-order valence-corrected chi connectivity index (χ4v) is 4.05. The number of halogens is 1. The zero-order valence-corrected chi connectivity index (χ0v) is 19.5. The first kappa shape index (κ1) is 24.1. The van der Waals surface area contributed by atoms with E-state index in [1.54, 1.807) is 24.3 Å². The monoisotopic (exact) mass is 494 g/mol. The molecule has 0 saturated heterocycles. The Hall–Kier alpha value is -2.19. The maximum atomic E-state index is 12.8. The van der Waals surface area contributed by atoms with Crippen LogP contribution in [0.15, 0.2) is 59.1 Å². The lowest BCUT2D eigenvalue weighted by atomic mass is 10.1. The highest BCUT2D eigenvalue weighted by Crippen LogP contribution is 2.16. The van der Waals surface area contributed by atoms with E-state index in [0.717, 1.165) is 19.1 Å². The molecule has 2 rings (SSSR count). The van der Waals surface area contributed by atoms with Gasteiger partial charge in [-0.15, -0.1) is 0 Å². The lowest BCUT2D eigenvalue weighted by Gasteiger charge is -2.21. The molecule has 0 spiro atoms. The van der Waals surface area contributed by atoms with Crippen LogP contribution < -0.4 is 10.6 Å². The minimum atomic E-state index is -3.28. The van der Waals surface area contributed by atoms with Crippen molar-refractivity contribution in [2.75, 3.05) is 12.0 Å². The molecular weight excluding hydrogens is 468 g/mol. The highest BCUT2D eigenvalue weighted by molar-refractivity contribution is 9.10. The molecule has 0 heterocycles. The second kappa shape index (κ2) is 11.3. The Kier molecular flexibility index (Phi) is 9.05. The van der Waals surface area contributed by atoms with Crippen molar-refractivity contribution >= 4 is 37.6 Å². The summed E-state index contributed by atoms with van der Waals surface area (Å²) in [7, 11) is -3.28. The molecule has 2 amide bonds. The number of benzene rings is 2. The highest BCUT2D eigenvalue weighted by Gasteiger charge is 2.24. The van der Waals surface area contributed by atoms with E-state index in [1.807, 2.05) is 37.3 Å². The third-order valence-electron chi connectivity index (χ3n) is 4.62.